The average Bonchev–Trinajstić information content (AvgIpc) is 4.01. The van der Waals surface area contributed by atoms with Gasteiger partial charge in [0.25, 0.3) is 11.8 Å². The summed E-state index contributed by atoms with van der Waals surface area (Å²) in [6.45, 7) is 10.9. The van der Waals surface area contributed by atoms with E-state index in [0.717, 1.165) is 22.4 Å². The van der Waals surface area contributed by atoms with Crippen molar-refractivity contribution in [2.75, 3.05) is 20.3 Å². The summed E-state index contributed by atoms with van der Waals surface area (Å²) in [6, 6.07) is 28.0. The minimum absolute atomic E-state index is 0.119. The number of fused-ring (bicyclic) bond motifs is 2. The van der Waals surface area contributed by atoms with Crippen LogP contribution in [0.1, 0.15) is 58.2 Å². The van der Waals surface area contributed by atoms with Gasteiger partial charge in [-0.3, -0.25) is 14.6 Å². The van der Waals surface area contributed by atoms with Crippen molar-refractivity contribution in [1.82, 2.24) is 10.6 Å². The molecule has 3 aromatic rings. The minimum atomic E-state index is -1.10. The number of amides is 2. The van der Waals surface area contributed by atoms with E-state index in [1.807, 2.05) is 91.0 Å². The first-order chi connectivity index (χ1) is 29.4. The number of aliphatic hydroxyl groups is 1. The van der Waals surface area contributed by atoms with Gasteiger partial charge in [-0.15, -0.1) is 0 Å². The number of hydrogen-bond acceptors (Lipinski definition) is 14. The van der Waals surface area contributed by atoms with Crippen molar-refractivity contribution in [3.63, 3.8) is 0 Å². The molecule has 0 saturated carbocycles. The molecule has 3 aromatic carbocycles. The lowest BCUT2D eigenvalue weighted by Crippen LogP contribution is -2.42. The summed E-state index contributed by atoms with van der Waals surface area (Å²) < 4.78 is 44.7. The van der Waals surface area contributed by atoms with Gasteiger partial charge >= 0.3 is 11.9 Å². The van der Waals surface area contributed by atoms with Gasteiger partial charge in [-0.1, -0.05) is 91.0 Å². The Morgan fingerprint density at radius 1 is 0.710 bits per heavy atom. The van der Waals surface area contributed by atoms with Gasteiger partial charge in [0.15, 0.2) is 41.7 Å². The molecule has 0 bridgehead atoms. The number of rotatable bonds is 11. The number of aliphatic imine (C=N–C) groups is 1. The summed E-state index contributed by atoms with van der Waals surface area (Å²) in [4.78, 5) is 51.1. The van der Waals surface area contributed by atoms with Crippen molar-refractivity contribution in [2.45, 2.75) is 120 Å². The third-order valence-corrected chi connectivity index (χ3v) is 10.3. The topological polar surface area (TPSA) is 219 Å². The zero-order valence-electron chi connectivity index (χ0n) is 35.7. The number of benzene rings is 3. The molecule has 5 aliphatic heterocycles. The van der Waals surface area contributed by atoms with Crippen LogP contribution in [0, 0.1) is 0 Å². The number of hydrogen-bond donors (Lipinski definition) is 4. The number of aliphatic carboxylic acids is 1. The molecule has 2 amide bonds. The number of nitrogens with one attached hydrogen (secondary N) is 2. The average molecular weight is 862 g/mol. The highest BCUT2D eigenvalue weighted by molar-refractivity contribution is 6.13. The van der Waals surface area contributed by atoms with Crippen LogP contribution in [0.5, 0.6) is 0 Å². The van der Waals surface area contributed by atoms with Gasteiger partial charge in [-0.2, -0.15) is 0 Å². The summed E-state index contributed by atoms with van der Waals surface area (Å²) in [7, 11) is 1.34. The fourth-order valence-corrected chi connectivity index (χ4v) is 7.66. The number of carbonyl (C=O) groups excluding carboxylic acids is 3. The normalized spacial score (nSPS) is 28.7. The third kappa shape index (κ3) is 11.3. The van der Waals surface area contributed by atoms with Crippen molar-refractivity contribution in [1.29, 1.82) is 0 Å². The predicted molar refractivity (Wildman–Crippen MR) is 220 cm³/mol. The first-order valence-corrected chi connectivity index (χ1v) is 20.3. The van der Waals surface area contributed by atoms with Crippen LogP contribution < -0.4 is 10.6 Å². The van der Waals surface area contributed by atoms with Crippen molar-refractivity contribution < 1.29 is 67.3 Å². The zero-order valence-corrected chi connectivity index (χ0v) is 35.7. The number of aliphatic hydroxyl groups excluding tert-OH is 1. The van der Waals surface area contributed by atoms with Crippen molar-refractivity contribution in [3.05, 3.63) is 108 Å². The lowest BCUT2D eigenvalue weighted by molar-refractivity contribution is -0.168. The maximum atomic E-state index is 12.6. The van der Waals surface area contributed by atoms with Crippen LogP contribution >= 0.6 is 0 Å². The van der Waals surface area contributed by atoms with Gasteiger partial charge in [-0.05, 0) is 47.1 Å². The van der Waals surface area contributed by atoms with E-state index < -0.39 is 77.8 Å². The molecule has 62 heavy (non-hydrogen) atoms. The Morgan fingerprint density at radius 3 is 1.74 bits per heavy atom. The molecule has 9 atom stereocenters. The predicted octanol–water partition coefficient (Wildman–Crippen LogP) is 2.89. The van der Waals surface area contributed by atoms with E-state index in [4.69, 9.17) is 53.1 Å². The number of esters is 1. The van der Waals surface area contributed by atoms with E-state index in [1.165, 1.54) is 7.11 Å². The van der Waals surface area contributed by atoms with Crippen LogP contribution in [0.3, 0.4) is 0 Å². The Hall–Kier alpha value is -5.11. The number of carboxylic acid groups (broad SMARTS) is 1. The summed E-state index contributed by atoms with van der Waals surface area (Å²) in [5, 5.41) is 22.7. The van der Waals surface area contributed by atoms with E-state index in [9.17, 15) is 19.2 Å². The van der Waals surface area contributed by atoms with Crippen molar-refractivity contribution in [2.24, 2.45) is 4.99 Å². The standard InChI is InChI=1S/C29H31NO5.C8H11NO5.C8H13NO4/c1-29(2)34-26(27(35-29)28(31)32-3)24(20-33-19-21-13-7-4-8-14-21)30-25(22-15-9-5-10-16-22)23-17-11-6-12-18-23;1-8(2)13-4-3(7(11)12)9-6(10)5(4)14-8;1-8(2)12-5-4(3-10)9-7(11)6(5)13-8/h4-18,24,26-27H,19-20H2,1-3H3;3-5H,1-2H3,(H,9,10)(H,11,12);4-6,10H,3H2,1-2H3,(H,9,11)/t24-,26+,27+;3-,4-,5-;4-,5+,6+/m101/s1. The highest BCUT2D eigenvalue weighted by Gasteiger charge is 2.57. The van der Waals surface area contributed by atoms with E-state index in [0.29, 0.717) is 6.61 Å². The first-order valence-electron chi connectivity index (χ1n) is 20.3. The quantitative estimate of drug-likeness (QED) is 0.161. The van der Waals surface area contributed by atoms with Gasteiger partial charge in [0, 0.05) is 11.1 Å². The molecule has 5 aliphatic rings. The molecule has 0 aliphatic carbocycles. The second-order valence-electron chi connectivity index (χ2n) is 16.5. The van der Waals surface area contributed by atoms with Gasteiger partial charge in [0.2, 0.25) is 0 Å². The molecule has 0 aromatic heterocycles. The van der Waals surface area contributed by atoms with Crippen LogP contribution in [-0.2, 0) is 63.7 Å². The van der Waals surface area contributed by atoms with E-state index in [2.05, 4.69) is 10.6 Å². The number of methoxy groups -OCH3 is 1. The molecule has 5 saturated heterocycles. The number of carboxylic acids is 1. The van der Waals surface area contributed by atoms with Crippen LogP contribution in [0.15, 0.2) is 96.0 Å². The van der Waals surface area contributed by atoms with Gasteiger partial charge in [-0.25, -0.2) is 9.59 Å². The molecule has 0 unspecified atom stereocenters. The fourth-order valence-electron chi connectivity index (χ4n) is 7.66. The zero-order chi connectivity index (χ0) is 44.8. The molecule has 0 radical (unpaired) electrons. The van der Waals surface area contributed by atoms with Crippen LogP contribution in [0.2, 0.25) is 0 Å². The highest BCUT2D eigenvalue weighted by atomic mass is 16.8. The third-order valence-electron chi connectivity index (χ3n) is 10.3. The second-order valence-corrected chi connectivity index (χ2v) is 16.5. The van der Waals surface area contributed by atoms with Crippen LogP contribution in [0.25, 0.3) is 0 Å². The van der Waals surface area contributed by atoms with Gasteiger partial charge in [0.1, 0.15) is 24.4 Å². The molecular weight excluding hydrogens is 807 g/mol. The van der Waals surface area contributed by atoms with Gasteiger partial charge in [0.05, 0.1) is 38.7 Å². The summed E-state index contributed by atoms with van der Waals surface area (Å²) in [5.74, 6) is -4.79. The number of carbonyl (C=O) groups is 4. The second kappa shape index (κ2) is 19.5. The fraction of sp³-hybridized carbons (Fsp3) is 0.489. The summed E-state index contributed by atoms with van der Waals surface area (Å²) >= 11 is 0. The summed E-state index contributed by atoms with van der Waals surface area (Å²) in [5.41, 5.74) is 3.76. The lowest BCUT2D eigenvalue weighted by Gasteiger charge is -2.24. The molecule has 0 spiro atoms. The molecule has 5 fully saturated rings. The molecule has 17 heteroatoms. The van der Waals surface area contributed by atoms with Crippen molar-refractivity contribution >= 4 is 29.5 Å². The largest absolute Gasteiger partial charge is 0.480 e. The van der Waals surface area contributed by atoms with Crippen LogP contribution in [0.4, 0.5) is 0 Å². The van der Waals surface area contributed by atoms with Crippen molar-refractivity contribution in [3.8, 4) is 0 Å². The maximum absolute atomic E-state index is 12.6. The van der Waals surface area contributed by atoms with Crippen LogP contribution in [-0.4, -0.2) is 132 Å². The van der Waals surface area contributed by atoms with E-state index in [1.54, 1.807) is 41.5 Å². The SMILES string of the molecule is CC1(C)O[C@@H]2[C@H](O1)C(=O)N[C@@H]2CO.CC1(C)O[C@H]2[C@@H](C(=O)O)NC(=O)[C@H]2O1.COC(=O)[C@H]1OC(C)(C)O[C@H]1[C@@H](COCc1ccccc1)N=C(c1ccccc1)c1ccccc1. The molecule has 17 nitrogen and oxygen atoms in total. The number of nitrogens with zero attached hydrogens (tertiary/aromatic N) is 1. The Kier molecular flexibility index (Phi) is 14.6. The highest BCUT2D eigenvalue weighted by Crippen LogP contribution is 2.35. The monoisotopic (exact) mass is 861 g/mol. The van der Waals surface area contributed by atoms with Gasteiger partial charge < -0.3 is 58.7 Å². The molecule has 334 valence electrons. The smallest absolute Gasteiger partial charge is 0.337 e. The Morgan fingerprint density at radius 2 is 1.21 bits per heavy atom. The first kappa shape index (κ1) is 46.4. The Labute approximate surface area is 360 Å². The number of ether oxygens (including phenoxy) is 8. The Bertz CT molecular complexity index is 2010. The molecule has 8 rings (SSSR count). The minimum Gasteiger partial charge on any atom is -0.480 e. The van der Waals surface area contributed by atoms with E-state index in [-0.39, 0.29) is 31.3 Å². The molecular formula is C45H55N3O14. The maximum Gasteiger partial charge on any atom is 0.337 e. The molecule has 5 heterocycles. The molecule has 4 N–H and O–H groups in total. The lowest BCUT2D eigenvalue weighted by atomic mass is 10.0. The van der Waals surface area contributed by atoms with E-state index >= 15 is 0 Å². The Balaban J connectivity index is 0.000000192. The summed E-state index contributed by atoms with van der Waals surface area (Å²) in [6.07, 6.45) is -4.05.